The molecule has 0 aromatic heterocycles. The normalized spacial score (nSPS) is 29.6. The lowest BCUT2D eigenvalue weighted by Gasteiger charge is -2.32. The molecule has 20 heavy (non-hydrogen) atoms. The van der Waals surface area contributed by atoms with E-state index in [0.29, 0.717) is 6.04 Å². The fourth-order valence-corrected chi connectivity index (χ4v) is 3.95. The second kappa shape index (κ2) is 6.48. The first-order chi connectivity index (χ1) is 9.74. The van der Waals surface area contributed by atoms with Crippen LogP contribution in [0.25, 0.3) is 0 Å². The Labute approximate surface area is 130 Å². The highest BCUT2D eigenvalue weighted by Gasteiger charge is 2.25. The molecule has 0 spiro atoms. The molecule has 3 heteroatoms. The molecule has 1 aliphatic heterocycles. The van der Waals surface area contributed by atoms with Crippen molar-refractivity contribution in [3.63, 3.8) is 0 Å². The molecule has 1 aromatic carbocycles. The molecule has 1 N–H and O–H groups in total. The van der Waals surface area contributed by atoms with Gasteiger partial charge in [-0.1, -0.05) is 42.1 Å². The number of halogens is 1. The molecular formula is C17H24BrNO. The Kier molecular flexibility index (Phi) is 4.67. The third kappa shape index (κ3) is 3.20. The van der Waals surface area contributed by atoms with Gasteiger partial charge in [-0.05, 0) is 43.0 Å². The lowest BCUT2D eigenvalue weighted by molar-refractivity contribution is 0.216. The van der Waals surface area contributed by atoms with Crippen LogP contribution in [0.1, 0.15) is 50.6 Å². The Balaban J connectivity index is 1.65. The number of hydrogen-bond acceptors (Lipinski definition) is 2. The molecule has 3 rings (SSSR count). The van der Waals surface area contributed by atoms with Crippen molar-refractivity contribution >= 4 is 15.9 Å². The number of benzene rings is 1. The Hall–Kier alpha value is -0.540. The summed E-state index contributed by atoms with van der Waals surface area (Å²) in [4.78, 5) is 0. The van der Waals surface area contributed by atoms with Gasteiger partial charge in [0.2, 0.25) is 0 Å². The largest absolute Gasteiger partial charge is 0.493 e. The predicted molar refractivity (Wildman–Crippen MR) is 86.1 cm³/mol. The maximum Gasteiger partial charge on any atom is 0.124 e. The molecule has 1 aliphatic carbocycles. The van der Waals surface area contributed by atoms with Crippen molar-refractivity contribution < 1.29 is 4.74 Å². The molecule has 0 amide bonds. The average molecular weight is 338 g/mol. The van der Waals surface area contributed by atoms with Crippen molar-refractivity contribution in [1.29, 1.82) is 0 Å². The molecule has 1 aromatic rings. The summed E-state index contributed by atoms with van der Waals surface area (Å²) in [5.74, 6) is 2.77. The van der Waals surface area contributed by atoms with Crippen molar-refractivity contribution in [3.05, 3.63) is 28.2 Å². The first-order valence-electron chi connectivity index (χ1n) is 7.89. The third-order valence-electron chi connectivity index (χ3n) is 4.93. The highest BCUT2D eigenvalue weighted by molar-refractivity contribution is 9.10. The van der Waals surface area contributed by atoms with Crippen molar-refractivity contribution in [2.45, 2.75) is 45.1 Å². The standard InChI is InChI=1S/C17H24BrNO/c1-12-4-2-3-5-13(12)11-19-16-8-9-20-17-7-6-14(18)10-15(16)17/h6-7,10,12-13,16,19H,2-5,8-9,11H2,1H3. The van der Waals surface area contributed by atoms with Gasteiger partial charge in [0.15, 0.2) is 0 Å². The van der Waals surface area contributed by atoms with Crippen LogP contribution in [-0.4, -0.2) is 13.2 Å². The van der Waals surface area contributed by atoms with E-state index in [9.17, 15) is 0 Å². The summed E-state index contributed by atoms with van der Waals surface area (Å²) in [5.41, 5.74) is 1.31. The fraction of sp³-hybridized carbons (Fsp3) is 0.647. The second-order valence-corrected chi connectivity index (χ2v) is 7.22. The molecule has 2 aliphatic rings. The number of ether oxygens (including phenoxy) is 1. The van der Waals surface area contributed by atoms with Crippen molar-refractivity contribution in [2.24, 2.45) is 11.8 Å². The summed E-state index contributed by atoms with van der Waals surface area (Å²) >= 11 is 3.57. The van der Waals surface area contributed by atoms with Crippen molar-refractivity contribution in [3.8, 4) is 5.75 Å². The van der Waals surface area contributed by atoms with Gasteiger partial charge in [0.05, 0.1) is 6.61 Å². The topological polar surface area (TPSA) is 21.3 Å². The maximum absolute atomic E-state index is 5.76. The average Bonchev–Trinajstić information content (AvgIpc) is 2.46. The second-order valence-electron chi connectivity index (χ2n) is 6.30. The van der Waals surface area contributed by atoms with Gasteiger partial charge in [0.1, 0.15) is 5.75 Å². The fourth-order valence-electron chi connectivity index (χ4n) is 3.57. The molecule has 1 saturated carbocycles. The molecule has 0 bridgehead atoms. The summed E-state index contributed by atoms with van der Waals surface area (Å²) < 4.78 is 6.90. The molecule has 3 unspecified atom stereocenters. The van der Waals surface area contributed by atoms with Crippen LogP contribution in [0, 0.1) is 11.8 Å². The summed E-state index contributed by atoms with van der Waals surface area (Å²) in [7, 11) is 0. The van der Waals surface area contributed by atoms with Gasteiger partial charge in [0, 0.05) is 22.5 Å². The van der Waals surface area contributed by atoms with Crippen LogP contribution in [0.3, 0.4) is 0 Å². The van der Waals surface area contributed by atoms with Crippen LogP contribution >= 0.6 is 15.9 Å². The van der Waals surface area contributed by atoms with E-state index in [2.05, 4.69) is 46.4 Å². The van der Waals surface area contributed by atoms with Gasteiger partial charge >= 0.3 is 0 Å². The number of fused-ring (bicyclic) bond motifs is 1. The highest BCUT2D eigenvalue weighted by atomic mass is 79.9. The molecule has 1 fully saturated rings. The van der Waals surface area contributed by atoms with E-state index in [0.717, 1.165) is 41.6 Å². The Morgan fingerprint density at radius 2 is 2.10 bits per heavy atom. The predicted octanol–water partition coefficient (Wildman–Crippen LogP) is 4.69. The quantitative estimate of drug-likeness (QED) is 0.863. The van der Waals surface area contributed by atoms with Gasteiger partial charge < -0.3 is 10.1 Å². The maximum atomic E-state index is 5.76. The molecule has 110 valence electrons. The van der Waals surface area contributed by atoms with E-state index in [4.69, 9.17) is 4.74 Å². The van der Waals surface area contributed by atoms with E-state index in [-0.39, 0.29) is 0 Å². The minimum atomic E-state index is 0.449. The van der Waals surface area contributed by atoms with Crippen LogP contribution in [0.15, 0.2) is 22.7 Å². The van der Waals surface area contributed by atoms with Crippen LogP contribution in [-0.2, 0) is 0 Å². The zero-order chi connectivity index (χ0) is 13.9. The number of rotatable bonds is 3. The van der Waals surface area contributed by atoms with E-state index in [1.807, 2.05) is 0 Å². The van der Waals surface area contributed by atoms with Crippen molar-refractivity contribution in [2.75, 3.05) is 13.2 Å². The van der Waals surface area contributed by atoms with Crippen LogP contribution in [0.4, 0.5) is 0 Å². The van der Waals surface area contributed by atoms with Crippen LogP contribution in [0.2, 0.25) is 0 Å². The first-order valence-corrected chi connectivity index (χ1v) is 8.69. The Morgan fingerprint density at radius 1 is 1.25 bits per heavy atom. The van der Waals surface area contributed by atoms with Gasteiger partial charge in [-0.3, -0.25) is 0 Å². The first kappa shape index (κ1) is 14.4. The molecule has 0 saturated heterocycles. The summed E-state index contributed by atoms with van der Waals surface area (Å²) in [6.07, 6.45) is 6.70. The molecule has 2 nitrogen and oxygen atoms in total. The Morgan fingerprint density at radius 3 is 2.95 bits per heavy atom. The van der Waals surface area contributed by atoms with Gasteiger partial charge in [-0.15, -0.1) is 0 Å². The lowest BCUT2D eigenvalue weighted by Crippen LogP contribution is -2.34. The zero-order valence-corrected chi connectivity index (χ0v) is 13.8. The van der Waals surface area contributed by atoms with Crippen molar-refractivity contribution in [1.82, 2.24) is 5.32 Å². The summed E-state index contributed by atoms with van der Waals surface area (Å²) in [6, 6.07) is 6.79. The van der Waals surface area contributed by atoms with E-state index >= 15 is 0 Å². The van der Waals surface area contributed by atoms with Gasteiger partial charge in [-0.2, -0.15) is 0 Å². The van der Waals surface area contributed by atoms with Crippen LogP contribution in [0.5, 0.6) is 5.75 Å². The minimum absolute atomic E-state index is 0.449. The zero-order valence-electron chi connectivity index (χ0n) is 12.2. The van der Waals surface area contributed by atoms with E-state index in [1.54, 1.807) is 0 Å². The summed E-state index contributed by atoms with van der Waals surface area (Å²) in [5, 5.41) is 3.80. The van der Waals surface area contributed by atoms with Gasteiger partial charge in [-0.25, -0.2) is 0 Å². The molecule has 0 radical (unpaired) electrons. The lowest BCUT2D eigenvalue weighted by atomic mass is 9.80. The number of hydrogen-bond donors (Lipinski definition) is 1. The third-order valence-corrected chi connectivity index (χ3v) is 5.42. The Bertz CT molecular complexity index is 462. The number of nitrogens with one attached hydrogen (secondary N) is 1. The van der Waals surface area contributed by atoms with Gasteiger partial charge in [0.25, 0.3) is 0 Å². The highest BCUT2D eigenvalue weighted by Crippen LogP contribution is 2.35. The SMILES string of the molecule is CC1CCCCC1CNC1CCOc2ccc(Br)cc21. The minimum Gasteiger partial charge on any atom is -0.493 e. The summed E-state index contributed by atoms with van der Waals surface area (Å²) in [6.45, 7) is 4.39. The molecule has 3 atom stereocenters. The van der Waals surface area contributed by atoms with E-state index in [1.165, 1.54) is 31.2 Å². The monoisotopic (exact) mass is 337 g/mol. The molecular weight excluding hydrogens is 314 g/mol. The molecule has 1 heterocycles. The van der Waals surface area contributed by atoms with Crippen LogP contribution < -0.4 is 10.1 Å². The van der Waals surface area contributed by atoms with E-state index < -0.39 is 0 Å². The smallest absolute Gasteiger partial charge is 0.124 e.